The Morgan fingerprint density at radius 1 is 0.815 bits per heavy atom. The van der Waals surface area contributed by atoms with Gasteiger partial charge >= 0.3 is 0 Å². The Labute approximate surface area is 372 Å². The maximum absolute atomic E-state index is 13.5. The second-order valence-electron chi connectivity index (χ2n) is 14.5. The number of carbonyl (C=O) groups excluding carboxylic acids is 3. The molecule has 65 heavy (non-hydrogen) atoms. The van der Waals surface area contributed by atoms with E-state index in [2.05, 4.69) is 25.6 Å². The number of amides is 2. The number of nitro benzene ring substituents is 2. The molecule has 0 aliphatic carbocycles. The molecule has 3 aromatic heterocycles. The molecule has 1 aliphatic heterocycles. The van der Waals surface area contributed by atoms with Gasteiger partial charge in [0.25, 0.3) is 29.0 Å². The number of nitro groups is 2. The fraction of sp³-hybridized carbons (Fsp3) is 0.429. The number of nitrogens with zero attached hydrogens (tertiary/aromatic N) is 8. The molecule has 1 saturated heterocycles. The third-order valence-corrected chi connectivity index (χ3v) is 10.0. The van der Waals surface area contributed by atoms with Gasteiger partial charge in [0, 0.05) is 62.3 Å². The number of para-hydroxylation sites is 1. The van der Waals surface area contributed by atoms with Gasteiger partial charge in [0.05, 0.1) is 99.6 Å². The van der Waals surface area contributed by atoms with Crippen molar-refractivity contribution < 1.29 is 52.7 Å². The number of piperazine rings is 1. The number of ketones is 1. The summed E-state index contributed by atoms with van der Waals surface area (Å²) >= 11 is 0. The summed E-state index contributed by atoms with van der Waals surface area (Å²) in [6, 6.07) is 13.9. The number of hydrogen-bond donors (Lipinski definition) is 2. The van der Waals surface area contributed by atoms with Crippen LogP contribution < -0.4 is 10.1 Å². The van der Waals surface area contributed by atoms with Crippen molar-refractivity contribution in [1.29, 1.82) is 0 Å². The van der Waals surface area contributed by atoms with Crippen LogP contribution in [0.4, 0.5) is 17.1 Å². The van der Waals surface area contributed by atoms with Gasteiger partial charge in [-0.15, -0.1) is 5.10 Å². The maximum atomic E-state index is 13.5. The predicted octanol–water partition coefficient (Wildman–Crippen LogP) is 3.30. The summed E-state index contributed by atoms with van der Waals surface area (Å²) in [6.07, 6.45) is 4.75. The summed E-state index contributed by atoms with van der Waals surface area (Å²) < 4.78 is 35.5. The van der Waals surface area contributed by atoms with Crippen LogP contribution in [-0.2, 0) is 41.6 Å². The first-order valence-corrected chi connectivity index (χ1v) is 20.8. The maximum Gasteiger partial charge on any atom is 0.299 e. The Morgan fingerprint density at radius 3 is 2.17 bits per heavy atom. The number of hydrogen-bond acceptors (Lipinski definition) is 17. The number of Topliss-reactive ketones (excluding diaryl/α,β-unsaturated/α-hetero) is 1. The summed E-state index contributed by atoms with van der Waals surface area (Å²) in [4.78, 5) is 71.5. The third kappa shape index (κ3) is 13.3. The number of aromatic amines is 1. The lowest BCUT2D eigenvalue weighted by atomic mass is 10.1. The molecule has 346 valence electrons. The molecular formula is C42H50N10O13. The molecule has 0 unspecified atom stereocenters. The first kappa shape index (κ1) is 47.6. The first-order chi connectivity index (χ1) is 31.6. The van der Waals surface area contributed by atoms with Crippen LogP contribution in [-0.4, -0.2) is 160 Å². The molecule has 23 nitrogen and oxygen atoms in total. The Hall–Kier alpha value is -6.92. The molecule has 1 atom stereocenters. The SMILES string of the molecule is C[C@@H]1CN(C(=O)c2ccccc2)CCN1C(=O)C(=O)c1c[nH]c2nccc(OCCOCCOCCOCCn3cc(COCCOCCNc4c([N+](=O)[O-])cccc4[N+](=O)[O-])nn3)c12. The zero-order valence-corrected chi connectivity index (χ0v) is 35.7. The number of nitrogens with one attached hydrogen (secondary N) is 2. The number of fused-ring (bicyclic) bond motifs is 1. The molecule has 6 rings (SSSR count). The normalized spacial score (nSPS) is 13.8. The van der Waals surface area contributed by atoms with Crippen molar-refractivity contribution in [2.45, 2.75) is 26.1 Å². The van der Waals surface area contributed by atoms with E-state index in [9.17, 15) is 34.6 Å². The summed E-state index contributed by atoms with van der Waals surface area (Å²) in [5, 5.41) is 33.7. The molecule has 1 aliphatic rings. The van der Waals surface area contributed by atoms with Gasteiger partial charge in [0.15, 0.2) is 5.69 Å². The summed E-state index contributed by atoms with van der Waals surface area (Å²) in [5.74, 6) is -1.08. The van der Waals surface area contributed by atoms with Crippen LogP contribution in [0, 0.1) is 20.2 Å². The Balaban J connectivity index is 0.784. The number of benzene rings is 2. The second-order valence-corrected chi connectivity index (χ2v) is 14.5. The van der Waals surface area contributed by atoms with Crippen LogP contribution in [0.2, 0.25) is 0 Å². The number of rotatable bonds is 27. The van der Waals surface area contributed by atoms with Crippen molar-refractivity contribution in [2.75, 3.05) is 97.6 Å². The van der Waals surface area contributed by atoms with Crippen LogP contribution in [0.5, 0.6) is 5.75 Å². The average Bonchev–Trinajstić information content (AvgIpc) is 3.97. The van der Waals surface area contributed by atoms with Gasteiger partial charge in [0.2, 0.25) is 0 Å². The van der Waals surface area contributed by atoms with Crippen molar-refractivity contribution in [3.8, 4) is 5.75 Å². The number of H-pyrrole nitrogens is 1. The fourth-order valence-electron chi connectivity index (χ4n) is 6.86. The van der Waals surface area contributed by atoms with E-state index in [0.29, 0.717) is 80.7 Å². The number of aromatic nitrogens is 5. The molecule has 0 bridgehead atoms. The lowest BCUT2D eigenvalue weighted by molar-refractivity contribution is -0.392. The van der Waals surface area contributed by atoms with E-state index in [0.717, 1.165) is 0 Å². The van der Waals surface area contributed by atoms with E-state index in [1.54, 1.807) is 52.3 Å². The van der Waals surface area contributed by atoms with Gasteiger partial charge in [-0.25, -0.2) is 9.67 Å². The first-order valence-electron chi connectivity index (χ1n) is 20.8. The highest BCUT2D eigenvalue weighted by molar-refractivity contribution is 6.45. The van der Waals surface area contributed by atoms with Crippen molar-refractivity contribution in [3.63, 3.8) is 0 Å². The number of anilines is 1. The molecule has 0 radical (unpaired) electrons. The second kappa shape index (κ2) is 24.2. The Kier molecular flexibility index (Phi) is 17.7. The minimum absolute atomic E-state index is 0.115. The topological polar surface area (TPSA) is 271 Å². The Bertz CT molecular complexity index is 2350. The number of ether oxygens (including phenoxy) is 6. The van der Waals surface area contributed by atoms with Gasteiger partial charge in [-0.1, -0.05) is 23.4 Å². The monoisotopic (exact) mass is 902 g/mol. The van der Waals surface area contributed by atoms with Crippen molar-refractivity contribution in [1.82, 2.24) is 34.8 Å². The smallest absolute Gasteiger partial charge is 0.299 e. The predicted molar refractivity (Wildman–Crippen MR) is 231 cm³/mol. The number of carbonyl (C=O) groups is 3. The highest BCUT2D eigenvalue weighted by Crippen LogP contribution is 2.33. The van der Waals surface area contributed by atoms with Crippen LogP contribution in [0.3, 0.4) is 0 Å². The van der Waals surface area contributed by atoms with Crippen molar-refractivity contribution in [2.24, 2.45) is 0 Å². The van der Waals surface area contributed by atoms with Crippen molar-refractivity contribution >= 4 is 45.7 Å². The van der Waals surface area contributed by atoms with Gasteiger partial charge in [-0.3, -0.25) is 34.6 Å². The molecule has 23 heteroatoms. The molecule has 1 fully saturated rings. The molecule has 0 saturated carbocycles. The molecule has 4 heterocycles. The van der Waals surface area contributed by atoms with Crippen LogP contribution in [0.25, 0.3) is 11.0 Å². The zero-order valence-electron chi connectivity index (χ0n) is 35.7. The van der Waals surface area contributed by atoms with Gasteiger partial charge < -0.3 is 48.5 Å². The zero-order chi connectivity index (χ0) is 46.0. The lowest BCUT2D eigenvalue weighted by Crippen LogP contribution is -2.56. The van der Waals surface area contributed by atoms with Crippen LogP contribution in [0.15, 0.2) is 73.2 Å². The molecule has 2 N–H and O–H groups in total. The summed E-state index contributed by atoms with van der Waals surface area (Å²) in [6.45, 7) is 6.28. The Morgan fingerprint density at radius 2 is 1.48 bits per heavy atom. The molecular weight excluding hydrogens is 853 g/mol. The molecule has 5 aromatic rings. The highest BCUT2D eigenvalue weighted by Gasteiger charge is 2.35. The largest absolute Gasteiger partial charge is 0.490 e. The quantitative estimate of drug-likeness (QED) is 0.0252. The van der Waals surface area contributed by atoms with E-state index >= 15 is 0 Å². The van der Waals surface area contributed by atoms with Gasteiger partial charge in [-0.05, 0) is 31.2 Å². The highest BCUT2D eigenvalue weighted by atomic mass is 16.6. The lowest BCUT2D eigenvalue weighted by Gasteiger charge is -2.39. The van der Waals surface area contributed by atoms with Gasteiger partial charge in [0.1, 0.15) is 23.7 Å². The standard InChI is InChI=1S/C42H50N10O13/c1-30-27-48(41(54)31-6-3-2-4-7-31)13-14-50(30)42(55)39(53)33-26-45-40-37(33)36(10-11-44-40)65-25-24-63-21-20-62-19-18-61-17-15-49-28-32(46-47-49)29-64-23-22-60-16-12-43-38-34(51(56)57)8-5-9-35(38)52(58)59/h2-11,26,28,30,43H,12-25,27,29H2,1H3,(H,44,45)/t30-/m1/s1. The minimum atomic E-state index is -0.692. The van der Waals surface area contributed by atoms with E-state index < -0.39 is 21.5 Å². The third-order valence-electron chi connectivity index (χ3n) is 10.0. The van der Waals surface area contributed by atoms with E-state index in [1.807, 2.05) is 13.0 Å². The van der Waals surface area contributed by atoms with Crippen LogP contribution in [0.1, 0.15) is 33.3 Å². The molecule has 2 aromatic carbocycles. The summed E-state index contributed by atoms with van der Waals surface area (Å²) in [5.41, 5.74) is 0.800. The molecule has 0 spiro atoms. The molecule has 2 amide bonds. The minimum Gasteiger partial charge on any atom is -0.490 e. The fourth-order valence-corrected chi connectivity index (χ4v) is 6.86. The van der Waals surface area contributed by atoms with E-state index in [-0.39, 0.29) is 87.3 Å². The average molecular weight is 903 g/mol. The number of pyridine rings is 1. The van der Waals surface area contributed by atoms with E-state index in [4.69, 9.17) is 28.4 Å². The van der Waals surface area contributed by atoms with Crippen molar-refractivity contribution in [3.05, 3.63) is 110 Å². The van der Waals surface area contributed by atoms with E-state index in [1.165, 1.54) is 29.3 Å². The van der Waals surface area contributed by atoms with Crippen LogP contribution >= 0.6 is 0 Å². The summed E-state index contributed by atoms with van der Waals surface area (Å²) in [7, 11) is 0. The van der Waals surface area contributed by atoms with Gasteiger partial charge in [-0.2, -0.15) is 0 Å².